The molecule has 278 valence electrons. The molecule has 2 aliphatic carbocycles. The van der Waals surface area contributed by atoms with Crippen LogP contribution in [-0.4, -0.2) is 89.2 Å². The van der Waals surface area contributed by atoms with Gasteiger partial charge in [0.15, 0.2) is 0 Å². The molecule has 3 aliphatic heterocycles. The van der Waals surface area contributed by atoms with E-state index in [9.17, 15) is 36.8 Å². The van der Waals surface area contributed by atoms with Crippen LogP contribution in [0.2, 0.25) is 0 Å². The summed E-state index contributed by atoms with van der Waals surface area (Å²) >= 11 is 0. The molecule has 0 radical (unpaired) electrons. The third-order valence-electron chi connectivity index (χ3n) is 9.92. The molecular weight excluding hydrogens is 708 g/mol. The number of allylic oxidation sites excluding steroid dienone is 1. The number of carbonyl (C=O) groups is 5. The van der Waals surface area contributed by atoms with Crippen LogP contribution in [0.3, 0.4) is 0 Å². The van der Waals surface area contributed by atoms with E-state index in [2.05, 4.69) is 15.4 Å². The van der Waals surface area contributed by atoms with E-state index in [0.717, 1.165) is 6.42 Å². The van der Waals surface area contributed by atoms with Gasteiger partial charge in [-0.3, -0.25) is 28.8 Å². The Kier molecular flexibility index (Phi) is 12.0. The van der Waals surface area contributed by atoms with E-state index in [1.54, 1.807) is 32.9 Å². The van der Waals surface area contributed by atoms with E-state index in [4.69, 9.17) is 9.47 Å². The fraction of sp³-hybridized carbons (Fsp3) is 0.629. The van der Waals surface area contributed by atoms with Crippen LogP contribution in [0.1, 0.15) is 89.7 Å². The maximum absolute atomic E-state index is 14.4. The molecule has 6 rings (SSSR count). The van der Waals surface area contributed by atoms with Gasteiger partial charge in [0.05, 0.1) is 18.3 Å². The summed E-state index contributed by atoms with van der Waals surface area (Å²) in [4.78, 5) is 70.6. The molecule has 1 aromatic carbocycles. The SMILES string of the molecule is CC(C)(C)OC(=O)[N-][C@@H]1CCCCC/C=C\[C@@H]2C[C@@]2(C(=O)NS(=O)(=O)C2CC2)NC(=O)[C@@H]2C[C@@H](OC(=O)N3Cc4cccc(F)c4C3)CN2C1=O.[Na+]. The molecule has 0 unspecified atom stereocenters. The second-order valence-corrected chi connectivity index (χ2v) is 17.1. The summed E-state index contributed by atoms with van der Waals surface area (Å²) in [6.07, 6.45) is 4.79. The fourth-order valence-electron chi connectivity index (χ4n) is 6.96. The second kappa shape index (κ2) is 15.6. The molecule has 0 aromatic heterocycles. The Hall–Kier alpha value is -3.21. The maximum atomic E-state index is 14.4. The minimum absolute atomic E-state index is 0. The number of nitrogens with one attached hydrogen (secondary N) is 2. The predicted molar refractivity (Wildman–Crippen MR) is 181 cm³/mol. The van der Waals surface area contributed by atoms with Crippen LogP contribution < -0.4 is 39.6 Å². The third kappa shape index (κ3) is 9.11. The van der Waals surface area contributed by atoms with Crippen LogP contribution in [0.25, 0.3) is 5.32 Å². The predicted octanol–water partition coefficient (Wildman–Crippen LogP) is 0.932. The monoisotopic (exact) mass is 753 g/mol. The van der Waals surface area contributed by atoms with E-state index >= 15 is 0 Å². The quantitative estimate of drug-likeness (QED) is 0.327. The van der Waals surface area contributed by atoms with Gasteiger partial charge in [-0.15, -0.1) is 0 Å². The van der Waals surface area contributed by atoms with Gasteiger partial charge in [-0.2, -0.15) is 0 Å². The van der Waals surface area contributed by atoms with Crippen LogP contribution in [0, 0.1) is 11.7 Å². The molecule has 5 aliphatic rings. The standard InChI is InChI=1S/C35H46FN5O9S.Na/c1-34(2,3)50-32(45)37-27-13-8-6-4-5-7-11-22-17-35(22,31(44)39-51(47,48)24-14-15-24)38-29(42)28-16-23(19-41(28)30(27)43)49-33(46)40-18-21-10-9-12-26(36)25(21)20-40;/h7,9-12,22-24,27-28H,4-6,8,13-20H2,1-3H3,(H3,37,38,39,42,44,45);/q;+1/p-1/b11-7-;/t22-,23-,27-,28+,35-;/m1./s1. The molecule has 14 nitrogen and oxygen atoms in total. The number of carbonyl (C=O) groups excluding carboxylic acids is 5. The van der Waals surface area contributed by atoms with Gasteiger partial charge in [0.2, 0.25) is 27.9 Å². The summed E-state index contributed by atoms with van der Waals surface area (Å²) in [6.45, 7) is 4.92. The Morgan fingerprint density at radius 1 is 1.08 bits per heavy atom. The van der Waals surface area contributed by atoms with Crippen molar-refractivity contribution in [2.75, 3.05) is 6.54 Å². The number of amides is 5. The molecule has 0 spiro atoms. The van der Waals surface area contributed by atoms with Crippen molar-refractivity contribution in [1.29, 1.82) is 0 Å². The first-order chi connectivity index (χ1) is 24.1. The van der Waals surface area contributed by atoms with Crippen molar-refractivity contribution in [2.24, 2.45) is 5.92 Å². The Morgan fingerprint density at radius 3 is 2.52 bits per heavy atom. The molecule has 3 fully saturated rings. The topological polar surface area (TPSA) is 183 Å². The van der Waals surface area contributed by atoms with E-state index in [1.807, 2.05) is 12.2 Å². The maximum Gasteiger partial charge on any atom is 1.00 e. The number of rotatable bonds is 5. The Bertz CT molecular complexity index is 1730. The zero-order valence-corrected chi connectivity index (χ0v) is 32.9. The van der Waals surface area contributed by atoms with Crippen molar-refractivity contribution in [2.45, 2.75) is 126 Å². The van der Waals surface area contributed by atoms with Gasteiger partial charge in [0, 0.05) is 24.4 Å². The molecule has 0 bridgehead atoms. The summed E-state index contributed by atoms with van der Waals surface area (Å²) in [5.74, 6) is -3.15. The number of hydrogen-bond acceptors (Lipinski definition) is 9. The van der Waals surface area contributed by atoms with Crippen molar-refractivity contribution in [1.82, 2.24) is 19.8 Å². The average molecular weight is 754 g/mol. The van der Waals surface area contributed by atoms with Crippen LogP contribution in [0.4, 0.5) is 14.0 Å². The molecule has 5 amide bonds. The summed E-state index contributed by atoms with van der Waals surface area (Å²) in [6, 6.07) is 2.14. The first-order valence-electron chi connectivity index (χ1n) is 17.6. The number of halogens is 1. The molecule has 1 aromatic rings. The van der Waals surface area contributed by atoms with Crippen molar-refractivity contribution in [3.8, 4) is 0 Å². The molecule has 2 N–H and O–H groups in total. The van der Waals surface area contributed by atoms with Gasteiger partial charge in [-0.05, 0) is 70.5 Å². The van der Waals surface area contributed by atoms with Gasteiger partial charge < -0.3 is 25.0 Å². The Labute approximate surface area is 325 Å². The van der Waals surface area contributed by atoms with Crippen LogP contribution in [-0.2, 0) is 47.0 Å². The summed E-state index contributed by atoms with van der Waals surface area (Å²) in [7, 11) is -3.92. The molecule has 17 heteroatoms. The zero-order chi connectivity index (χ0) is 36.7. The van der Waals surface area contributed by atoms with E-state index < -0.39 is 86.2 Å². The van der Waals surface area contributed by atoms with E-state index in [0.29, 0.717) is 43.2 Å². The smallest absolute Gasteiger partial charge is 0.607 e. The van der Waals surface area contributed by atoms with Crippen molar-refractivity contribution >= 4 is 39.9 Å². The molecule has 2 saturated carbocycles. The Morgan fingerprint density at radius 2 is 1.83 bits per heavy atom. The number of hydrogen-bond donors (Lipinski definition) is 2. The molecular formula is C35H45FN5NaO9S. The van der Waals surface area contributed by atoms with Gasteiger partial charge >= 0.3 is 35.7 Å². The average Bonchev–Trinajstić information content (AvgIpc) is 3.93. The largest absolute Gasteiger partial charge is 1.00 e. The Balaban J connectivity index is 0.00000523. The van der Waals surface area contributed by atoms with E-state index in [1.165, 1.54) is 15.9 Å². The second-order valence-electron chi connectivity index (χ2n) is 15.1. The zero-order valence-electron chi connectivity index (χ0n) is 30.1. The molecule has 5 atom stereocenters. The van der Waals surface area contributed by atoms with Crippen LogP contribution in [0.15, 0.2) is 30.4 Å². The number of fused-ring (bicyclic) bond motifs is 3. The number of sulfonamides is 1. The van der Waals surface area contributed by atoms with Crippen LogP contribution >= 0.6 is 0 Å². The third-order valence-corrected chi connectivity index (χ3v) is 11.7. The minimum atomic E-state index is -3.92. The van der Waals surface area contributed by atoms with Gasteiger partial charge in [0.1, 0.15) is 29.1 Å². The van der Waals surface area contributed by atoms with Crippen molar-refractivity contribution in [3.63, 3.8) is 0 Å². The van der Waals surface area contributed by atoms with Crippen LogP contribution in [0.5, 0.6) is 0 Å². The normalized spacial score (nSPS) is 28.4. The van der Waals surface area contributed by atoms with Gasteiger partial charge in [0.25, 0.3) is 5.91 Å². The minimum Gasteiger partial charge on any atom is -0.607 e. The molecule has 3 heterocycles. The first kappa shape index (κ1) is 40.0. The summed E-state index contributed by atoms with van der Waals surface area (Å²) in [5.41, 5.74) is -1.40. The molecule has 1 saturated heterocycles. The fourth-order valence-corrected chi connectivity index (χ4v) is 8.32. The van der Waals surface area contributed by atoms with Crippen molar-refractivity contribution in [3.05, 3.63) is 52.6 Å². The van der Waals surface area contributed by atoms with Crippen molar-refractivity contribution < 1.29 is 75.8 Å². The number of nitrogens with zero attached hydrogens (tertiary/aromatic N) is 3. The number of benzene rings is 1. The summed E-state index contributed by atoms with van der Waals surface area (Å²) in [5, 5.41) is 6.21. The van der Waals surface area contributed by atoms with Gasteiger partial charge in [-0.1, -0.05) is 43.5 Å². The molecule has 52 heavy (non-hydrogen) atoms. The van der Waals surface area contributed by atoms with E-state index in [-0.39, 0.29) is 68.5 Å². The summed E-state index contributed by atoms with van der Waals surface area (Å²) < 4.78 is 53.2. The number of ether oxygens (including phenoxy) is 2. The first-order valence-corrected chi connectivity index (χ1v) is 19.1. The van der Waals surface area contributed by atoms with Gasteiger partial charge in [-0.25, -0.2) is 17.6 Å².